The van der Waals surface area contributed by atoms with Gasteiger partial charge in [-0.15, -0.1) is 0 Å². The minimum absolute atomic E-state index is 0.117. The zero-order valence-electron chi connectivity index (χ0n) is 25.1. The van der Waals surface area contributed by atoms with Gasteiger partial charge in [0.15, 0.2) is 0 Å². The molecule has 0 radical (unpaired) electrons. The Morgan fingerprint density at radius 3 is 2.20 bits per heavy atom. The van der Waals surface area contributed by atoms with E-state index in [4.69, 9.17) is 4.74 Å². The number of para-hydroxylation sites is 2. The molecule has 0 N–H and O–H groups in total. The third-order valence-corrected chi connectivity index (χ3v) is 8.16. The number of nitriles is 1. The predicted octanol–water partition coefficient (Wildman–Crippen LogP) is 5.43. The van der Waals surface area contributed by atoms with Crippen LogP contribution in [0.25, 0.3) is 0 Å². The Morgan fingerprint density at radius 1 is 0.927 bits per heavy atom. The summed E-state index contributed by atoms with van der Waals surface area (Å²) in [5, 5.41) is 9.97. The van der Waals surface area contributed by atoms with Crippen molar-refractivity contribution in [3.8, 4) is 6.07 Å². The molecular formula is C33H45N5O3. The number of likely N-dealkylation sites (tertiary alicyclic amines) is 1. The zero-order valence-corrected chi connectivity index (χ0v) is 25.1. The summed E-state index contributed by atoms with van der Waals surface area (Å²) in [6.45, 7) is 11.0. The minimum Gasteiger partial charge on any atom is -0.443 e. The fraction of sp³-hybridized carbons (Fsp3) is 0.545. The lowest BCUT2D eigenvalue weighted by molar-refractivity contribution is -0.132. The quantitative estimate of drug-likeness (QED) is 0.401. The third-order valence-electron chi connectivity index (χ3n) is 8.16. The Morgan fingerprint density at radius 2 is 1.56 bits per heavy atom. The van der Waals surface area contributed by atoms with Crippen LogP contribution in [0, 0.1) is 11.3 Å². The topological polar surface area (TPSA) is 80.1 Å². The number of amides is 2. The first kappa shape index (κ1) is 30.4. The Hall–Kier alpha value is -3.57. The van der Waals surface area contributed by atoms with Crippen molar-refractivity contribution in [2.24, 2.45) is 0 Å². The van der Waals surface area contributed by atoms with E-state index in [0.717, 1.165) is 43.1 Å². The van der Waals surface area contributed by atoms with Crippen LogP contribution in [0.3, 0.4) is 0 Å². The minimum atomic E-state index is -0.610. The number of likely N-dealkylation sites (N-methyl/N-ethyl adjacent to an activating group) is 1. The molecular weight excluding hydrogens is 514 g/mol. The number of carbonyl (C=O) groups is 2. The Balaban J connectivity index is 1.36. The summed E-state index contributed by atoms with van der Waals surface area (Å²) in [5.41, 5.74) is 1.79. The van der Waals surface area contributed by atoms with E-state index in [0.29, 0.717) is 51.7 Å². The molecule has 8 nitrogen and oxygen atoms in total. The fourth-order valence-electron chi connectivity index (χ4n) is 5.70. The van der Waals surface area contributed by atoms with Gasteiger partial charge < -0.3 is 19.4 Å². The number of hydrogen-bond donors (Lipinski definition) is 0. The van der Waals surface area contributed by atoms with E-state index in [9.17, 15) is 14.9 Å². The molecule has 0 spiro atoms. The number of piperidine rings is 1. The van der Waals surface area contributed by atoms with Gasteiger partial charge in [0.05, 0.1) is 22.9 Å². The summed E-state index contributed by atoms with van der Waals surface area (Å²) in [6, 6.07) is 20.5. The first-order valence-electron chi connectivity index (χ1n) is 14.9. The molecule has 2 heterocycles. The monoisotopic (exact) mass is 559 g/mol. The molecule has 8 heteroatoms. The van der Waals surface area contributed by atoms with Crippen LogP contribution in [-0.4, -0.2) is 80.3 Å². The lowest BCUT2D eigenvalue weighted by Crippen LogP contribution is -2.45. The lowest BCUT2D eigenvalue weighted by Gasteiger charge is -2.38. The van der Waals surface area contributed by atoms with Crippen LogP contribution < -0.4 is 9.80 Å². The van der Waals surface area contributed by atoms with E-state index in [1.807, 2.05) is 74.2 Å². The van der Waals surface area contributed by atoms with Gasteiger partial charge in [0.1, 0.15) is 5.60 Å². The smallest absolute Gasteiger partial charge is 0.414 e. The molecule has 0 bridgehead atoms. The first-order valence-corrected chi connectivity index (χ1v) is 14.9. The van der Waals surface area contributed by atoms with Gasteiger partial charge >= 0.3 is 6.09 Å². The number of benzene rings is 2. The van der Waals surface area contributed by atoms with Gasteiger partial charge in [0.2, 0.25) is 5.91 Å². The van der Waals surface area contributed by atoms with Gasteiger partial charge in [-0.25, -0.2) is 4.79 Å². The van der Waals surface area contributed by atoms with Crippen LogP contribution in [0.1, 0.15) is 58.4 Å². The van der Waals surface area contributed by atoms with Crippen molar-refractivity contribution in [1.29, 1.82) is 5.26 Å². The predicted molar refractivity (Wildman–Crippen MR) is 163 cm³/mol. The second kappa shape index (κ2) is 13.4. The second-order valence-corrected chi connectivity index (χ2v) is 12.3. The van der Waals surface area contributed by atoms with E-state index in [-0.39, 0.29) is 12.0 Å². The average Bonchev–Trinajstić information content (AvgIpc) is 2.97. The molecule has 0 saturated carbocycles. The lowest BCUT2D eigenvalue weighted by atomic mass is 9.74. The largest absolute Gasteiger partial charge is 0.443 e. The standard InChI is InChI=1S/C33H45N5O3/c1-32(2,3)41-31(40)38(29-15-9-8-14-28(29)36-24-22-35(4)23-25-36)19-11-10-16-30(39)37-20-17-33(26-34,18-21-37)27-12-6-5-7-13-27/h5-9,12-15H,10-11,16-25H2,1-4H3. The first-order chi connectivity index (χ1) is 19.6. The van der Waals surface area contributed by atoms with Crippen molar-refractivity contribution in [2.75, 3.05) is 62.7 Å². The van der Waals surface area contributed by atoms with E-state index in [2.05, 4.69) is 29.0 Å². The molecule has 0 unspecified atom stereocenters. The molecule has 2 aliphatic rings. The van der Waals surface area contributed by atoms with Gasteiger partial charge in [-0.05, 0) is 71.2 Å². The molecule has 0 atom stereocenters. The van der Waals surface area contributed by atoms with Gasteiger partial charge in [-0.3, -0.25) is 9.69 Å². The van der Waals surface area contributed by atoms with Crippen LogP contribution in [0.5, 0.6) is 0 Å². The maximum absolute atomic E-state index is 13.4. The second-order valence-electron chi connectivity index (χ2n) is 12.3. The van der Waals surface area contributed by atoms with E-state index >= 15 is 0 Å². The molecule has 2 aromatic carbocycles. The Kier molecular flexibility index (Phi) is 9.93. The van der Waals surface area contributed by atoms with Crippen LogP contribution in [0.15, 0.2) is 54.6 Å². The SMILES string of the molecule is CN1CCN(c2ccccc2N(CCCCC(=O)N2CCC(C#N)(c3ccccc3)CC2)C(=O)OC(C)(C)C)CC1. The normalized spacial score (nSPS) is 17.5. The third kappa shape index (κ3) is 7.80. The summed E-state index contributed by atoms with van der Waals surface area (Å²) in [5.74, 6) is 0.117. The highest BCUT2D eigenvalue weighted by Gasteiger charge is 2.37. The van der Waals surface area contributed by atoms with Gasteiger partial charge in [0.25, 0.3) is 0 Å². The van der Waals surface area contributed by atoms with E-state index in [1.165, 1.54) is 0 Å². The van der Waals surface area contributed by atoms with Crippen molar-refractivity contribution >= 4 is 23.4 Å². The number of nitrogens with zero attached hydrogens (tertiary/aromatic N) is 5. The molecule has 2 aromatic rings. The molecule has 2 amide bonds. The van der Waals surface area contributed by atoms with Gasteiger partial charge in [0, 0.05) is 52.2 Å². The molecule has 0 aliphatic carbocycles. The summed E-state index contributed by atoms with van der Waals surface area (Å²) in [7, 11) is 2.13. The van der Waals surface area contributed by atoms with Gasteiger partial charge in [-0.2, -0.15) is 5.26 Å². The molecule has 41 heavy (non-hydrogen) atoms. The molecule has 2 saturated heterocycles. The average molecular weight is 560 g/mol. The number of anilines is 2. The molecule has 2 fully saturated rings. The number of rotatable bonds is 8. The maximum atomic E-state index is 13.4. The molecule has 2 aliphatic heterocycles. The fourth-order valence-corrected chi connectivity index (χ4v) is 5.70. The Labute approximate surface area is 245 Å². The highest BCUT2D eigenvalue weighted by Crippen LogP contribution is 2.35. The number of piperazine rings is 1. The van der Waals surface area contributed by atoms with Crippen LogP contribution in [0.2, 0.25) is 0 Å². The van der Waals surface area contributed by atoms with Crippen molar-refractivity contribution in [3.63, 3.8) is 0 Å². The Bertz CT molecular complexity index is 1200. The van der Waals surface area contributed by atoms with E-state index in [1.54, 1.807) is 4.90 Å². The van der Waals surface area contributed by atoms with Crippen molar-refractivity contribution in [2.45, 2.75) is 63.9 Å². The molecule has 4 rings (SSSR count). The van der Waals surface area contributed by atoms with Crippen LogP contribution >= 0.6 is 0 Å². The van der Waals surface area contributed by atoms with Crippen molar-refractivity contribution in [1.82, 2.24) is 9.80 Å². The van der Waals surface area contributed by atoms with Crippen molar-refractivity contribution < 1.29 is 14.3 Å². The number of unbranched alkanes of at least 4 members (excludes halogenated alkanes) is 1. The summed E-state index contributed by atoms with van der Waals surface area (Å²) in [4.78, 5) is 34.8. The number of hydrogen-bond acceptors (Lipinski definition) is 6. The maximum Gasteiger partial charge on any atom is 0.414 e. The number of carbonyl (C=O) groups excluding carboxylic acids is 2. The van der Waals surface area contributed by atoms with Crippen LogP contribution in [-0.2, 0) is 14.9 Å². The van der Waals surface area contributed by atoms with E-state index < -0.39 is 11.0 Å². The molecule has 220 valence electrons. The van der Waals surface area contributed by atoms with Crippen LogP contribution in [0.4, 0.5) is 16.2 Å². The summed E-state index contributed by atoms with van der Waals surface area (Å²) < 4.78 is 5.81. The summed E-state index contributed by atoms with van der Waals surface area (Å²) >= 11 is 0. The summed E-state index contributed by atoms with van der Waals surface area (Å²) in [6.07, 6.45) is 2.71. The zero-order chi connectivity index (χ0) is 29.5. The van der Waals surface area contributed by atoms with Crippen molar-refractivity contribution in [3.05, 3.63) is 60.2 Å². The highest BCUT2D eigenvalue weighted by atomic mass is 16.6. The van der Waals surface area contributed by atoms with Gasteiger partial charge in [-0.1, -0.05) is 42.5 Å². The molecule has 0 aromatic heterocycles. The number of ether oxygens (including phenoxy) is 1. The highest BCUT2D eigenvalue weighted by molar-refractivity contribution is 5.92.